The number of carbonyl (C=O) groups excluding carboxylic acids is 2. The standard InChI is InChI=1S/C42H84NO8P/c1-6-8-10-12-14-16-18-20-21-23-25-27-29-31-33-35-42(45)51-40(39-50-52(46,47)49-37-36-43(3,4)5)38-48-41(44)34-32-30-28-26-24-22-19-17-15-13-11-9-7-2/h40H,6-39H2,1-5H3/p+1/t40-/m0/s1. The number of rotatable bonds is 40. The van der Waals surface area contributed by atoms with Gasteiger partial charge in [-0.05, 0) is 12.8 Å². The highest BCUT2D eigenvalue weighted by Crippen LogP contribution is 2.43. The van der Waals surface area contributed by atoms with Crippen molar-refractivity contribution in [3.05, 3.63) is 0 Å². The minimum atomic E-state index is -4.36. The molecule has 0 amide bonds. The third-order valence-electron chi connectivity index (χ3n) is 9.64. The van der Waals surface area contributed by atoms with Crippen LogP contribution in [0.1, 0.15) is 206 Å². The van der Waals surface area contributed by atoms with Gasteiger partial charge in [0.15, 0.2) is 6.10 Å². The van der Waals surface area contributed by atoms with Crippen LogP contribution in [-0.2, 0) is 32.7 Å². The Balaban J connectivity index is 4.33. The van der Waals surface area contributed by atoms with E-state index in [1.54, 1.807) is 0 Å². The summed E-state index contributed by atoms with van der Waals surface area (Å²) in [4.78, 5) is 35.3. The molecule has 0 aromatic rings. The van der Waals surface area contributed by atoms with Crippen molar-refractivity contribution in [1.82, 2.24) is 0 Å². The molecule has 0 aromatic heterocycles. The molecule has 0 saturated heterocycles. The van der Waals surface area contributed by atoms with Gasteiger partial charge in [0, 0.05) is 12.8 Å². The Bertz CT molecular complexity index is 865. The first-order valence-corrected chi connectivity index (χ1v) is 23.3. The van der Waals surface area contributed by atoms with Gasteiger partial charge < -0.3 is 18.9 Å². The number of hydrogen-bond donors (Lipinski definition) is 1. The van der Waals surface area contributed by atoms with E-state index in [1.165, 1.54) is 141 Å². The number of unbranched alkanes of at least 4 members (excludes halogenated alkanes) is 26. The van der Waals surface area contributed by atoms with Gasteiger partial charge in [0.05, 0.1) is 27.7 Å². The molecule has 0 aliphatic carbocycles. The predicted octanol–water partition coefficient (Wildman–Crippen LogP) is 12.0. The number of ether oxygens (including phenoxy) is 2. The third-order valence-corrected chi connectivity index (χ3v) is 10.6. The lowest BCUT2D eigenvalue weighted by molar-refractivity contribution is -0.870. The average molecular weight is 763 g/mol. The highest BCUT2D eigenvalue weighted by atomic mass is 31.2. The maximum Gasteiger partial charge on any atom is 0.472 e. The number of esters is 2. The maximum atomic E-state index is 12.7. The molecule has 0 fully saturated rings. The van der Waals surface area contributed by atoms with Gasteiger partial charge in [0.1, 0.15) is 19.8 Å². The summed E-state index contributed by atoms with van der Waals surface area (Å²) in [5, 5.41) is 0. The van der Waals surface area contributed by atoms with Crippen molar-refractivity contribution >= 4 is 19.8 Å². The minimum Gasteiger partial charge on any atom is -0.462 e. The molecule has 0 aliphatic heterocycles. The molecule has 2 atom stereocenters. The van der Waals surface area contributed by atoms with Crippen molar-refractivity contribution in [3.8, 4) is 0 Å². The van der Waals surface area contributed by atoms with Crippen LogP contribution in [0.15, 0.2) is 0 Å². The zero-order valence-corrected chi connectivity index (χ0v) is 35.7. The first-order chi connectivity index (χ1) is 25.0. The topological polar surface area (TPSA) is 108 Å². The first-order valence-electron chi connectivity index (χ1n) is 21.8. The zero-order valence-electron chi connectivity index (χ0n) is 34.8. The van der Waals surface area contributed by atoms with Crippen LogP contribution in [0, 0.1) is 0 Å². The highest BCUT2D eigenvalue weighted by Gasteiger charge is 2.27. The highest BCUT2D eigenvalue weighted by molar-refractivity contribution is 7.47. The summed E-state index contributed by atoms with van der Waals surface area (Å²) in [6, 6.07) is 0. The summed E-state index contributed by atoms with van der Waals surface area (Å²) in [7, 11) is 1.49. The van der Waals surface area contributed by atoms with Gasteiger partial charge in [-0.15, -0.1) is 0 Å². The van der Waals surface area contributed by atoms with E-state index in [2.05, 4.69) is 13.8 Å². The number of carbonyl (C=O) groups is 2. The van der Waals surface area contributed by atoms with Gasteiger partial charge in [0.25, 0.3) is 0 Å². The normalized spacial score (nSPS) is 13.6. The summed E-state index contributed by atoms with van der Waals surface area (Å²) < 4.78 is 34.3. The van der Waals surface area contributed by atoms with Crippen LogP contribution < -0.4 is 0 Å². The number of phosphoric acid groups is 1. The number of nitrogens with zero attached hydrogens (tertiary/aromatic N) is 1. The lowest BCUT2D eigenvalue weighted by Gasteiger charge is -2.24. The number of quaternary nitrogens is 1. The van der Waals surface area contributed by atoms with Gasteiger partial charge >= 0.3 is 19.8 Å². The molecule has 10 heteroatoms. The van der Waals surface area contributed by atoms with Crippen molar-refractivity contribution < 1.29 is 42.1 Å². The van der Waals surface area contributed by atoms with E-state index in [0.29, 0.717) is 17.4 Å². The minimum absolute atomic E-state index is 0.0367. The van der Waals surface area contributed by atoms with Gasteiger partial charge in [-0.25, -0.2) is 4.57 Å². The molecule has 1 N–H and O–H groups in total. The van der Waals surface area contributed by atoms with Crippen molar-refractivity contribution in [2.24, 2.45) is 0 Å². The van der Waals surface area contributed by atoms with Crippen LogP contribution in [0.4, 0.5) is 0 Å². The second-order valence-corrected chi connectivity index (χ2v) is 17.6. The fourth-order valence-electron chi connectivity index (χ4n) is 6.19. The molecule has 0 rings (SSSR count). The summed E-state index contributed by atoms with van der Waals surface area (Å²) in [5.74, 6) is -0.785. The zero-order chi connectivity index (χ0) is 38.6. The molecule has 9 nitrogen and oxygen atoms in total. The molecule has 0 saturated carbocycles. The van der Waals surface area contributed by atoms with Crippen LogP contribution in [0.3, 0.4) is 0 Å². The van der Waals surface area contributed by atoms with Crippen LogP contribution >= 0.6 is 7.82 Å². The Labute approximate surface area is 321 Å². The molecule has 52 heavy (non-hydrogen) atoms. The molecule has 0 aliphatic rings. The first kappa shape index (κ1) is 51.0. The molecule has 0 heterocycles. The SMILES string of the molecule is CCCCCCCCCCCCCCCCCC(=O)O[C@@H](COC(=O)CCCCCCCCCCCCCCC)COP(=O)(O)OCC[N+](C)(C)C. The van der Waals surface area contributed by atoms with Crippen molar-refractivity contribution in [2.75, 3.05) is 47.5 Å². The van der Waals surface area contributed by atoms with Gasteiger partial charge in [-0.2, -0.15) is 0 Å². The summed E-state index contributed by atoms with van der Waals surface area (Å²) in [6.07, 6.45) is 34.2. The largest absolute Gasteiger partial charge is 0.472 e. The number of likely N-dealkylation sites (N-methyl/N-ethyl adjacent to an activating group) is 1. The average Bonchev–Trinajstić information content (AvgIpc) is 3.09. The van der Waals surface area contributed by atoms with Crippen LogP contribution in [0.25, 0.3) is 0 Å². The Kier molecular flexibility index (Phi) is 35.0. The van der Waals surface area contributed by atoms with Gasteiger partial charge in [0.2, 0.25) is 0 Å². The Hall–Kier alpha value is -0.990. The lowest BCUT2D eigenvalue weighted by Crippen LogP contribution is -2.37. The number of hydrogen-bond acceptors (Lipinski definition) is 7. The monoisotopic (exact) mass is 763 g/mol. The maximum absolute atomic E-state index is 12.7. The summed E-state index contributed by atoms with van der Waals surface area (Å²) in [6.45, 7) is 4.45. The van der Waals surface area contributed by atoms with Crippen LogP contribution in [0.2, 0.25) is 0 Å². The van der Waals surface area contributed by atoms with E-state index < -0.39 is 26.5 Å². The van der Waals surface area contributed by atoms with E-state index in [1.807, 2.05) is 21.1 Å². The van der Waals surface area contributed by atoms with E-state index in [4.69, 9.17) is 18.5 Å². The summed E-state index contributed by atoms with van der Waals surface area (Å²) >= 11 is 0. The fourth-order valence-corrected chi connectivity index (χ4v) is 6.93. The molecular weight excluding hydrogens is 677 g/mol. The second-order valence-electron chi connectivity index (χ2n) is 16.1. The third kappa shape index (κ3) is 38.7. The van der Waals surface area contributed by atoms with Crippen molar-refractivity contribution in [3.63, 3.8) is 0 Å². The summed E-state index contributed by atoms with van der Waals surface area (Å²) in [5.41, 5.74) is 0. The molecule has 0 spiro atoms. The van der Waals surface area contributed by atoms with Crippen molar-refractivity contribution in [2.45, 2.75) is 213 Å². The molecule has 0 bridgehead atoms. The number of phosphoric ester groups is 1. The lowest BCUT2D eigenvalue weighted by atomic mass is 10.0. The molecule has 1 unspecified atom stereocenters. The molecule has 0 aromatic carbocycles. The quantitative estimate of drug-likeness (QED) is 0.0284. The van der Waals surface area contributed by atoms with E-state index in [0.717, 1.165) is 38.5 Å². The Morgan fingerprint density at radius 1 is 0.519 bits per heavy atom. The van der Waals surface area contributed by atoms with Gasteiger partial charge in [-0.1, -0.05) is 181 Å². The smallest absolute Gasteiger partial charge is 0.462 e. The molecule has 0 radical (unpaired) electrons. The molecule has 310 valence electrons. The predicted molar refractivity (Wildman–Crippen MR) is 215 cm³/mol. The van der Waals surface area contributed by atoms with E-state index in [-0.39, 0.29) is 25.6 Å². The van der Waals surface area contributed by atoms with Crippen LogP contribution in [0.5, 0.6) is 0 Å². The Morgan fingerprint density at radius 3 is 1.23 bits per heavy atom. The van der Waals surface area contributed by atoms with Crippen molar-refractivity contribution in [1.29, 1.82) is 0 Å². The van der Waals surface area contributed by atoms with Gasteiger partial charge in [-0.3, -0.25) is 18.6 Å². The molecular formula is C42H85NO8P+. The van der Waals surface area contributed by atoms with Crippen LogP contribution in [-0.4, -0.2) is 74.9 Å². The van der Waals surface area contributed by atoms with E-state index >= 15 is 0 Å². The fraction of sp³-hybridized carbons (Fsp3) is 0.952. The Morgan fingerprint density at radius 2 is 0.865 bits per heavy atom. The second kappa shape index (κ2) is 35.7. The van der Waals surface area contributed by atoms with E-state index in [9.17, 15) is 19.0 Å².